The number of nitrogens with one attached hydrogen (secondary N) is 1. The molecule has 2 amide bonds. The maximum absolute atomic E-state index is 14.0. The number of amides is 2. The summed E-state index contributed by atoms with van der Waals surface area (Å²) in [6.45, 7) is 3.84. The molecule has 0 unspecified atom stereocenters. The molecular formula is C29H32Cl3N3O4S. The van der Waals surface area contributed by atoms with Crippen molar-refractivity contribution in [3.63, 3.8) is 0 Å². The van der Waals surface area contributed by atoms with E-state index < -0.39 is 28.5 Å². The van der Waals surface area contributed by atoms with Crippen LogP contribution in [-0.4, -0.2) is 50.5 Å². The van der Waals surface area contributed by atoms with Gasteiger partial charge in [0.1, 0.15) is 12.6 Å². The van der Waals surface area contributed by atoms with Crippen molar-refractivity contribution in [3.8, 4) is 0 Å². The molecule has 40 heavy (non-hydrogen) atoms. The molecule has 3 aromatic carbocycles. The third kappa shape index (κ3) is 9.13. The molecule has 0 saturated heterocycles. The molecule has 0 bridgehead atoms. The van der Waals surface area contributed by atoms with Crippen LogP contribution in [-0.2, 0) is 32.6 Å². The van der Waals surface area contributed by atoms with Gasteiger partial charge in [0.15, 0.2) is 0 Å². The molecule has 3 aromatic rings. The summed E-state index contributed by atoms with van der Waals surface area (Å²) >= 11 is 18.4. The van der Waals surface area contributed by atoms with Crippen LogP contribution in [0.4, 0.5) is 5.69 Å². The van der Waals surface area contributed by atoms with Gasteiger partial charge >= 0.3 is 0 Å². The molecule has 214 valence electrons. The average molecular weight is 625 g/mol. The Morgan fingerprint density at radius 2 is 1.52 bits per heavy atom. The Labute approximate surface area is 251 Å². The number of halogens is 3. The fourth-order valence-corrected chi connectivity index (χ4v) is 5.33. The van der Waals surface area contributed by atoms with E-state index in [4.69, 9.17) is 34.8 Å². The van der Waals surface area contributed by atoms with Gasteiger partial charge in [-0.15, -0.1) is 0 Å². The van der Waals surface area contributed by atoms with Crippen LogP contribution in [0, 0.1) is 5.92 Å². The Bertz CT molecular complexity index is 1420. The van der Waals surface area contributed by atoms with Gasteiger partial charge in [-0.25, -0.2) is 8.42 Å². The standard InChI is InChI=1S/C29H32Cl3N3O4S/c1-20(2)17-33-29(37)27(16-21-7-5-4-6-8-21)34(18-22-9-14-25(31)26(32)15-22)28(36)19-35(40(3,38)39)24-12-10-23(30)11-13-24/h4-15,20,27H,16-19H2,1-3H3,(H,33,37)/t27-/m1/s1. The summed E-state index contributed by atoms with van der Waals surface area (Å²) in [6, 6.07) is 19.5. The summed E-state index contributed by atoms with van der Waals surface area (Å²) in [7, 11) is -3.87. The second-order valence-corrected chi connectivity index (χ2v) is 13.0. The number of carbonyl (C=O) groups excluding carboxylic acids is 2. The van der Waals surface area contributed by atoms with Crippen LogP contribution >= 0.6 is 34.8 Å². The number of hydrogen-bond acceptors (Lipinski definition) is 4. The van der Waals surface area contributed by atoms with Crippen LogP contribution in [0.2, 0.25) is 15.1 Å². The predicted molar refractivity (Wildman–Crippen MR) is 162 cm³/mol. The number of carbonyl (C=O) groups is 2. The lowest BCUT2D eigenvalue weighted by Crippen LogP contribution is -2.53. The second kappa shape index (κ2) is 14.2. The van der Waals surface area contributed by atoms with E-state index >= 15 is 0 Å². The van der Waals surface area contributed by atoms with E-state index in [9.17, 15) is 18.0 Å². The highest BCUT2D eigenvalue weighted by molar-refractivity contribution is 7.92. The minimum absolute atomic E-state index is 0.000536. The quantitative estimate of drug-likeness (QED) is 0.275. The van der Waals surface area contributed by atoms with E-state index in [-0.39, 0.29) is 30.5 Å². The number of rotatable bonds is 12. The molecule has 7 nitrogen and oxygen atoms in total. The Morgan fingerprint density at radius 3 is 2.10 bits per heavy atom. The van der Waals surface area contributed by atoms with Crippen LogP contribution in [0.25, 0.3) is 0 Å². The van der Waals surface area contributed by atoms with Crippen molar-refractivity contribution in [2.75, 3.05) is 23.7 Å². The van der Waals surface area contributed by atoms with Crippen molar-refractivity contribution in [2.45, 2.75) is 32.9 Å². The maximum atomic E-state index is 14.0. The molecule has 1 N–H and O–H groups in total. The Morgan fingerprint density at radius 1 is 0.875 bits per heavy atom. The van der Waals surface area contributed by atoms with E-state index in [0.29, 0.717) is 27.2 Å². The fourth-order valence-electron chi connectivity index (χ4n) is 4.03. The van der Waals surface area contributed by atoms with Gasteiger partial charge in [-0.05, 0) is 53.4 Å². The molecule has 0 saturated carbocycles. The normalized spacial score (nSPS) is 12.2. The second-order valence-electron chi connectivity index (χ2n) is 9.86. The lowest BCUT2D eigenvalue weighted by atomic mass is 10.0. The van der Waals surface area contributed by atoms with Crippen LogP contribution in [0.5, 0.6) is 0 Å². The van der Waals surface area contributed by atoms with Gasteiger partial charge in [-0.3, -0.25) is 13.9 Å². The van der Waals surface area contributed by atoms with E-state index in [1.165, 1.54) is 17.0 Å². The van der Waals surface area contributed by atoms with E-state index in [2.05, 4.69) is 5.32 Å². The SMILES string of the molecule is CC(C)CNC(=O)[C@@H](Cc1ccccc1)N(Cc1ccc(Cl)c(Cl)c1)C(=O)CN(c1ccc(Cl)cc1)S(C)(=O)=O. The smallest absolute Gasteiger partial charge is 0.244 e. The van der Waals surface area contributed by atoms with E-state index in [0.717, 1.165) is 16.1 Å². The first-order valence-electron chi connectivity index (χ1n) is 12.6. The summed E-state index contributed by atoms with van der Waals surface area (Å²) in [5.74, 6) is -0.721. The van der Waals surface area contributed by atoms with E-state index in [1.807, 2.05) is 44.2 Å². The van der Waals surface area contributed by atoms with Crippen molar-refractivity contribution in [2.24, 2.45) is 5.92 Å². The van der Waals surface area contributed by atoms with Crippen molar-refractivity contribution >= 4 is 62.3 Å². The molecule has 0 aliphatic carbocycles. The lowest BCUT2D eigenvalue weighted by molar-refractivity contribution is -0.140. The van der Waals surface area contributed by atoms with Gasteiger partial charge in [0.2, 0.25) is 21.8 Å². The number of anilines is 1. The Balaban J connectivity index is 2.06. The zero-order chi connectivity index (χ0) is 29.4. The van der Waals surface area contributed by atoms with Crippen LogP contribution in [0.1, 0.15) is 25.0 Å². The minimum atomic E-state index is -3.87. The highest BCUT2D eigenvalue weighted by atomic mass is 35.5. The molecule has 0 heterocycles. The van der Waals surface area contributed by atoms with Gasteiger partial charge in [-0.2, -0.15) is 0 Å². The van der Waals surface area contributed by atoms with Gasteiger partial charge < -0.3 is 10.2 Å². The Hall–Kier alpha value is -2.78. The first-order chi connectivity index (χ1) is 18.8. The van der Waals surface area contributed by atoms with Crippen LogP contribution in [0.3, 0.4) is 0 Å². The molecule has 11 heteroatoms. The third-order valence-electron chi connectivity index (χ3n) is 6.09. The van der Waals surface area contributed by atoms with Crippen molar-refractivity contribution in [1.29, 1.82) is 0 Å². The van der Waals surface area contributed by atoms with Gasteiger partial charge in [0, 0.05) is 24.5 Å². The van der Waals surface area contributed by atoms with Crippen LogP contribution < -0.4 is 9.62 Å². The third-order valence-corrected chi connectivity index (χ3v) is 8.22. The molecule has 0 spiro atoms. The topological polar surface area (TPSA) is 86.8 Å². The highest BCUT2D eigenvalue weighted by Gasteiger charge is 2.33. The number of hydrogen-bond donors (Lipinski definition) is 1. The number of sulfonamides is 1. The molecule has 0 radical (unpaired) electrons. The Kier molecular flexibility index (Phi) is 11.3. The van der Waals surface area contributed by atoms with Crippen molar-refractivity contribution < 1.29 is 18.0 Å². The molecule has 0 aromatic heterocycles. The molecule has 1 atom stereocenters. The monoisotopic (exact) mass is 623 g/mol. The highest BCUT2D eigenvalue weighted by Crippen LogP contribution is 2.25. The van der Waals surface area contributed by atoms with Gasteiger partial charge in [-0.1, -0.05) is 85.0 Å². The molecule has 0 aliphatic rings. The van der Waals surface area contributed by atoms with Crippen LogP contribution in [0.15, 0.2) is 72.8 Å². The lowest BCUT2D eigenvalue weighted by Gasteiger charge is -2.33. The first kappa shape index (κ1) is 31.7. The first-order valence-corrected chi connectivity index (χ1v) is 15.6. The summed E-state index contributed by atoms with van der Waals surface area (Å²) in [5, 5.41) is 4.02. The molecule has 0 aliphatic heterocycles. The van der Waals surface area contributed by atoms with Gasteiger partial charge in [0.05, 0.1) is 22.0 Å². The summed E-state index contributed by atoms with van der Waals surface area (Å²) in [6.07, 6.45) is 1.24. The average Bonchev–Trinajstić information content (AvgIpc) is 2.90. The maximum Gasteiger partial charge on any atom is 0.244 e. The zero-order valence-electron chi connectivity index (χ0n) is 22.5. The van der Waals surface area contributed by atoms with Crippen molar-refractivity contribution in [3.05, 3.63) is 99.0 Å². The summed E-state index contributed by atoms with van der Waals surface area (Å²) in [5.41, 5.74) is 1.75. The number of benzene rings is 3. The largest absolute Gasteiger partial charge is 0.354 e. The molecular weight excluding hydrogens is 593 g/mol. The van der Waals surface area contributed by atoms with Crippen molar-refractivity contribution in [1.82, 2.24) is 10.2 Å². The fraction of sp³-hybridized carbons (Fsp3) is 0.310. The van der Waals surface area contributed by atoms with Gasteiger partial charge in [0.25, 0.3) is 0 Å². The van der Waals surface area contributed by atoms with E-state index in [1.54, 1.807) is 30.3 Å². The molecule has 3 rings (SSSR count). The minimum Gasteiger partial charge on any atom is -0.354 e. The zero-order valence-corrected chi connectivity index (χ0v) is 25.6. The summed E-state index contributed by atoms with van der Waals surface area (Å²) < 4.78 is 26.6. The predicted octanol–water partition coefficient (Wildman–Crippen LogP) is 5.83. The number of nitrogens with zero attached hydrogens (tertiary/aromatic N) is 2. The summed E-state index contributed by atoms with van der Waals surface area (Å²) in [4.78, 5) is 29.0. The molecule has 0 fully saturated rings.